The molecule has 18 heavy (non-hydrogen) atoms. The summed E-state index contributed by atoms with van der Waals surface area (Å²) in [5.74, 6) is -0.0761. The number of thiocarbonyl (C=S) groups is 1. The smallest absolute Gasteiger partial charge is 0.279 e. The molecule has 1 aromatic rings. The Labute approximate surface area is 120 Å². The molecule has 0 saturated heterocycles. The number of amides is 1. The molecule has 0 aliphatic heterocycles. The molecule has 0 heterocycles. The third kappa shape index (κ3) is 4.56. The van der Waals surface area contributed by atoms with Crippen LogP contribution >= 0.6 is 35.4 Å². The maximum absolute atomic E-state index is 11.5. The summed E-state index contributed by atoms with van der Waals surface area (Å²) in [4.78, 5) is 11.5. The highest BCUT2D eigenvalue weighted by Crippen LogP contribution is 2.28. The number of hydrogen-bond acceptors (Lipinski definition) is 3. The van der Waals surface area contributed by atoms with Crippen molar-refractivity contribution < 1.29 is 9.53 Å². The van der Waals surface area contributed by atoms with Gasteiger partial charge in [0.25, 0.3) is 5.91 Å². The van der Waals surface area contributed by atoms with Crippen LogP contribution in [0, 0.1) is 0 Å². The van der Waals surface area contributed by atoms with Crippen LogP contribution < -0.4 is 21.3 Å². The summed E-state index contributed by atoms with van der Waals surface area (Å²) in [5.41, 5.74) is 9.76. The predicted octanol–water partition coefficient (Wildman–Crippen LogP) is 1.63. The number of nitrogens with one attached hydrogen (secondary N) is 2. The molecule has 0 radical (unpaired) electrons. The normalized spacial score (nSPS) is 11.5. The predicted molar refractivity (Wildman–Crippen MR) is 74.6 cm³/mol. The fraction of sp³-hybridized carbons (Fsp3) is 0.200. The third-order valence-corrected chi connectivity index (χ3v) is 2.51. The highest BCUT2D eigenvalue weighted by molar-refractivity contribution is 7.80. The van der Waals surface area contributed by atoms with Gasteiger partial charge in [0, 0.05) is 5.02 Å². The summed E-state index contributed by atoms with van der Waals surface area (Å²) in [6.07, 6.45) is -0.773. The van der Waals surface area contributed by atoms with Crippen LogP contribution in [0.5, 0.6) is 5.75 Å². The first kappa shape index (κ1) is 14.8. The number of benzene rings is 1. The Balaban J connectivity index is 2.60. The molecule has 1 atom stereocenters. The quantitative estimate of drug-likeness (QED) is 0.584. The average molecular weight is 308 g/mol. The molecule has 0 aromatic heterocycles. The van der Waals surface area contributed by atoms with Gasteiger partial charge in [-0.1, -0.05) is 23.2 Å². The average Bonchev–Trinajstić information content (AvgIpc) is 2.29. The lowest BCUT2D eigenvalue weighted by molar-refractivity contribution is -0.127. The number of halogens is 2. The maximum atomic E-state index is 11.5. The first-order chi connectivity index (χ1) is 8.40. The summed E-state index contributed by atoms with van der Waals surface area (Å²) < 4.78 is 5.37. The molecule has 1 aromatic carbocycles. The molecule has 0 spiro atoms. The van der Waals surface area contributed by atoms with E-state index in [2.05, 4.69) is 23.1 Å². The van der Waals surface area contributed by atoms with E-state index in [0.717, 1.165) is 0 Å². The topological polar surface area (TPSA) is 76.4 Å². The number of rotatable bonds is 3. The van der Waals surface area contributed by atoms with Gasteiger partial charge in [-0.2, -0.15) is 0 Å². The van der Waals surface area contributed by atoms with Crippen LogP contribution in [-0.4, -0.2) is 17.1 Å². The number of carbonyl (C=O) groups excluding carboxylic acids is 1. The zero-order valence-electron chi connectivity index (χ0n) is 9.37. The van der Waals surface area contributed by atoms with Crippen molar-refractivity contribution in [2.45, 2.75) is 13.0 Å². The molecular formula is C10H11Cl2N3O2S. The van der Waals surface area contributed by atoms with Crippen LogP contribution in [0.15, 0.2) is 18.2 Å². The molecular weight excluding hydrogens is 297 g/mol. The van der Waals surface area contributed by atoms with Crippen LogP contribution in [-0.2, 0) is 4.79 Å². The van der Waals surface area contributed by atoms with E-state index in [4.69, 9.17) is 33.7 Å². The van der Waals surface area contributed by atoms with Gasteiger partial charge in [0.15, 0.2) is 11.2 Å². The molecule has 1 amide bonds. The molecule has 0 fully saturated rings. The van der Waals surface area contributed by atoms with Gasteiger partial charge < -0.3 is 10.5 Å². The van der Waals surface area contributed by atoms with Crippen LogP contribution in [0.4, 0.5) is 0 Å². The van der Waals surface area contributed by atoms with Gasteiger partial charge in [-0.3, -0.25) is 15.6 Å². The first-order valence-electron chi connectivity index (χ1n) is 4.87. The fourth-order valence-corrected chi connectivity index (χ4v) is 1.54. The lowest BCUT2D eigenvalue weighted by atomic mass is 10.3. The molecule has 0 aliphatic rings. The lowest BCUT2D eigenvalue weighted by Gasteiger charge is -2.15. The van der Waals surface area contributed by atoms with Crippen LogP contribution in [0.2, 0.25) is 10.0 Å². The SMILES string of the molecule is C[C@@H](Oc1ccc(Cl)cc1Cl)C(=O)NNC(N)=S. The molecule has 0 unspecified atom stereocenters. The van der Waals surface area contributed by atoms with Gasteiger partial charge in [-0.05, 0) is 37.3 Å². The molecule has 98 valence electrons. The second-order valence-corrected chi connectivity index (χ2v) is 4.60. The third-order valence-electron chi connectivity index (χ3n) is 1.88. The number of nitrogens with two attached hydrogens (primary N) is 1. The van der Waals surface area contributed by atoms with Gasteiger partial charge in [-0.15, -0.1) is 0 Å². The fourth-order valence-electron chi connectivity index (χ4n) is 1.04. The van der Waals surface area contributed by atoms with Crippen LogP contribution in [0.1, 0.15) is 6.92 Å². The Morgan fingerprint density at radius 1 is 1.44 bits per heavy atom. The molecule has 0 bridgehead atoms. The summed E-state index contributed by atoms with van der Waals surface area (Å²) in [6.45, 7) is 1.56. The van der Waals surface area contributed by atoms with Crippen molar-refractivity contribution in [3.63, 3.8) is 0 Å². The zero-order valence-corrected chi connectivity index (χ0v) is 11.7. The summed E-state index contributed by atoms with van der Waals surface area (Å²) >= 11 is 16.2. The minimum Gasteiger partial charge on any atom is -0.479 e. The van der Waals surface area contributed by atoms with Gasteiger partial charge in [-0.25, -0.2) is 0 Å². The molecule has 1 rings (SSSR count). The van der Waals surface area contributed by atoms with E-state index in [-0.39, 0.29) is 5.11 Å². The van der Waals surface area contributed by atoms with Crippen molar-refractivity contribution >= 4 is 46.4 Å². The van der Waals surface area contributed by atoms with Gasteiger partial charge in [0.2, 0.25) is 0 Å². The van der Waals surface area contributed by atoms with E-state index < -0.39 is 12.0 Å². The van der Waals surface area contributed by atoms with Crippen molar-refractivity contribution in [1.82, 2.24) is 10.9 Å². The summed E-state index contributed by atoms with van der Waals surface area (Å²) in [6, 6.07) is 4.71. The Kier molecular flexibility index (Phi) is 5.46. The van der Waals surface area contributed by atoms with E-state index in [1.54, 1.807) is 19.1 Å². The number of hydrazine groups is 1. The Morgan fingerprint density at radius 2 is 2.11 bits per heavy atom. The second kappa shape index (κ2) is 6.63. The largest absolute Gasteiger partial charge is 0.479 e. The van der Waals surface area contributed by atoms with Gasteiger partial charge in [0.1, 0.15) is 5.75 Å². The van der Waals surface area contributed by atoms with Crippen molar-refractivity contribution in [3.8, 4) is 5.75 Å². The van der Waals surface area contributed by atoms with E-state index in [1.165, 1.54) is 6.07 Å². The highest BCUT2D eigenvalue weighted by Gasteiger charge is 2.16. The lowest BCUT2D eigenvalue weighted by Crippen LogP contribution is -2.48. The second-order valence-electron chi connectivity index (χ2n) is 3.31. The van der Waals surface area contributed by atoms with Gasteiger partial charge >= 0.3 is 0 Å². The van der Waals surface area contributed by atoms with Crippen molar-refractivity contribution in [1.29, 1.82) is 0 Å². The van der Waals surface area contributed by atoms with Crippen molar-refractivity contribution in [2.75, 3.05) is 0 Å². The Morgan fingerprint density at radius 3 is 2.67 bits per heavy atom. The van der Waals surface area contributed by atoms with E-state index in [9.17, 15) is 4.79 Å². The van der Waals surface area contributed by atoms with Gasteiger partial charge in [0.05, 0.1) is 5.02 Å². The molecule has 5 nitrogen and oxygen atoms in total. The highest BCUT2D eigenvalue weighted by atomic mass is 35.5. The molecule has 8 heteroatoms. The zero-order chi connectivity index (χ0) is 13.7. The number of hydrogen-bond donors (Lipinski definition) is 3. The molecule has 0 saturated carbocycles. The first-order valence-corrected chi connectivity index (χ1v) is 6.03. The van der Waals surface area contributed by atoms with Crippen LogP contribution in [0.3, 0.4) is 0 Å². The van der Waals surface area contributed by atoms with Crippen LogP contribution in [0.25, 0.3) is 0 Å². The monoisotopic (exact) mass is 307 g/mol. The minimum atomic E-state index is -0.773. The Hall–Kier alpha value is -1.24. The summed E-state index contributed by atoms with van der Waals surface area (Å²) in [7, 11) is 0. The minimum absolute atomic E-state index is 0.0416. The van der Waals surface area contributed by atoms with E-state index >= 15 is 0 Å². The summed E-state index contributed by atoms with van der Waals surface area (Å²) in [5, 5.41) is 0.768. The molecule has 0 aliphatic carbocycles. The standard InChI is InChI=1S/C10H11Cl2N3O2S/c1-5(9(16)14-15-10(13)18)17-8-3-2-6(11)4-7(8)12/h2-5H,1H3,(H,14,16)(H3,13,15,18)/t5-/m1/s1. The van der Waals surface area contributed by atoms with E-state index in [0.29, 0.717) is 15.8 Å². The Bertz CT molecular complexity index is 470. The van der Waals surface area contributed by atoms with Crippen molar-refractivity contribution in [2.24, 2.45) is 5.73 Å². The maximum Gasteiger partial charge on any atom is 0.279 e. The number of carbonyl (C=O) groups is 1. The van der Waals surface area contributed by atoms with E-state index in [1.807, 2.05) is 0 Å². The molecule has 4 N–H and O–H groups in total. The number of ether oxygens (including phenoxy) is 1. The van der Waals surface area contributed by atoms with Crippen molar-refractivity contribution in [3.05, 3.63) is 28.2 Å².